The fraction of sp³-hybridized carbons (Fsp3) is 0.368. The van der Waals surface area contributed by atoms with Crippen LogP contribution in [0.5, 0.6) is 0 Å². The number of amides is 1. The fourth-order valence-electron chi connectivity index (χ4n) is 3.01. The fourth-order valence-corrected chi connectivity index (χ4v) is 3.24. The number of hydrogen-bond donors (Lipinski definition) is 0. The predicted octanol–water partition coefficient (Wildman–Crippen LogP) is 2.87. The summed E-state index contributed by atoms with van der Waals surface area (Å²) in [5.41, 5.74) is 1.93. The van der Waals surface area contributed by atoms with Crippen molar-refractivity contribution in [3.8, 4) is 0 Å². The van der Waals surface area contributed by atoms with Gasteiger partial charge in [-0.15, -0.1) is 0 Å². The van der Waals surface area contributed by atoms with Gasteiger partial charge in [0.05, 0.1) is 0 Å². The Kier molecular flexibility index (Phi) is 5.71. The summed E-state index contributed by atoms with van der Waals surface area (Å²) in [6.45, 7) is 4.78. The van der Waals surface area contributed by atoms with Gasteiger partial charge in [-0.1, -0.05) is 12.1 Å². The molecule has 0 saturated carbocycles. The molecule has 132 valence electrons. The molecule has 1 saturated heterocycles. The third-order valence-electron chi connectivity index (χ3n) is 4.39. The van der Waals surface area contributed by atoms with E-state index in [-0.39, 0.29) is 5.91 Å². The third kappa shape index (κ3) is 4.58. The van der Waals surface area contributed by atoms with E-state index in [9.17, 15) is 4.79 Å². The summed E-state index contributed by atoms with van der Waals surface area (Å²) in [6, 6.07) is 12.0. The number of hydrogen-bond acceptors (Lipinski definition) is 4. The van der Waals surface area contributed by atoms with E-state index in [0.29, 0.717) is 0 Å². The first kappa shape index (κ1) is 17.9. The lowest BCUT2D eigenvalue weighted by Crippen LogP contribution is -2.46. The van der Waals surface area contributed by atoms with Crippen LogP contribution in [0, 0.1) is 0 Å². The first-order valence-electron chi connectivity index (χ1n) is 8.42. The first-order valence-corrected chi connectivity index (χ1v) is 9.21. The van der Waals surface area contributed by atoms with Crippen molar-refractivity contribution in [2.75, 3.05) is 45.2 Å². The maximum Gasteiger partial charge on any atom is 0.253 e. The molecule has 2 aromatic rings. The van der Waals surface area contributed by atoms with Gasteiger partial charge in [0, 0.05) is 63.1 Å². The minimum Gasteiger partial charge on any atom is -0.354 e. The highest BCUT2D eigenvalue weighted by Gasteiger charge is 2.18. The summed E-state index contributed by atoms with van der Waals surface area (Å²) in [6.07, 6.45) is 1.84. The SMILES string of the molecule is CN(C)C(=O)c1cccc(CN2CCN(c3ccc(Br)cn3)CC2)c1. The Hall–Kier alpha value is -1.92. The molecule has 1 fully saturated rings. The van der Waals surface area contributed by atoms with Crippen LogP contribution < -0.4 is 4.90 Å². The highest BCUT2D eigenvalue weighted by molar-refractivity contribution is 9.10. The van der Waals surface area contributed by atoms with Crippen LogP contribution in [0.3, 0.4) is 0 Å². The molecule has 2 heterocycles. The molecule has 1 aliphatic heterocycles. The Bertz CT molecular complexity index is 724. The molecular weight excluding hydrogens is 380 g/mol. The quantitative estimate of drug-likeness (QED) is 0.787. The zero-order chi connectivity index (χ0) is 17.8. The lowest BCUT2D eigenvalue weighted by atomic mass is 10.1. The number of carbonyl (C=O) groups is 1. The summed E-state index contributed by atoms with van der Waals surface area (Å²) in [7, 11) is 3.56. The Morgan fingerprint density at radius 2 is 1.92 bits per heavy atom. The zero-order valence-electron chi connectivity index (χ0n) is 14.7. The number of aromatic nitrogens is 1. The average molecular weight is 403 g/mol. The summed E-state index contributed by atoms with van der Waals surface area (Å²) in [5, 5.41) is 0. The van der Waals surface area contributed by atoms with Crippen LogP contribution in [0.1, 0.15) is 15.9 Å². The second-order valence-corrected chi connectivity index (χ2v) is 7.41. The molecule has 3 rings (SSSR count). The second-order valence-electron chi connectivity index (χ2n) is 6.50. The van der Waals surface area contributed by atoms with Gasteiger partial charge < -0.3 is 9.80 Å². The summed E-state index contributed by atoms with van der Waals surface area (Å²) in [5.74, 6) is 1.08. The molecule has 0 N–H and O–H groups in total. The minimum absolute atomic E-state index is 0.0491. The molecule has 1 aliphatic rings. The largest absolute Gasteiger partial charge is 0.354 e. The van der Waals surface area contributed by atoms with Crippen LogP contribution in [-0.4, -0.2) is 61.0 Å². The Balaban J connectivity index is 1.58. The third-order valence-corrected chi connectivity index (χ3v) is 4.86. The number of carbonyl (C=O) groups excluding carboxylic acids is 1. The van der Waals surface area contributed by atoms with Crippen molar-refractivity contribution in [2.24, 2.45) is 0 Å². The minimum atomic E-state index is 0.0491. The van der Waals surface area contributed by atoms with Gasteiger partial charge in [0.1, 0.15) is 5.82 Å². The van der Waals surface area contributed by atoms with Gasteiger partial charge in [-0.05, 0) is 45.8 Å². The predicted molar refractivity (Wildman–Crippen MR) is 104 cm³/mol. The molecule has 5 nitrogen and oxygen atoms in total. The number of benzene rings is 1. The Morgan fingerprint density at radius 1 is 1.16 bits per heavy atom. The summed E-state index contributed by atoms with van der Waals surface area (Å²) in [4.78, 5) is 22.9. The van der Waals surface area contributed by atoms with Gasteiger partial charge in [0.25, 0.3) is 5.91 Å². The highest BCUT2D eigenvalue weighted by atomic mass is 79.9. The van der Waals surface area contributed by atoms with Gasteiger partial charge >= 0.3 is 0 Å². The molecular formula is C19H23BrN4O. The van der Waals surface area contributed by atoms with Crippen LogP contribution in [0.2, 0.25) is 0 Å². The topological polar surface area (TPSA) is 39.7 Å². The normalized spacial score (nSPS) is 15.2. The van der Waals surface area contributed by atoms with Crippen molar-refractivity contribution in [3.05, 3.63) is 58.2 Å². The molecule has 0 bridgehead atoms. The molecule has 0 aliphatic carbocycles. The van der Waals surface area contributed by atoms with Crippen LogP contribution in [-0.2, 0) is 6.54 Å². The van der Waals surface area contributed by atoms with Crippen molar-refractivity contribution < 1.29 is 4.79 Å². The van der Waals surface area contributed by atoms with Crippen molar-refractivity contribution in [3.63, 3.8) is 0 Å². The van der Waals surface area contributed by atoms with E-state index in [1.54, 1.807) is 19.0 Å². The Morgan fingerprint density at radius 3 is 2.56 bits per heavy atom. The van der Waals surface area contributed by atoms with E-state index in [4.69, 9.17) is 0 Å². The van der Waals surface area contributed by atoms with Gasteiger partial charge in [-0.25, -0.2) is 4.98 Å². The second kappa shape index (κ2) is 7.97. The number of rotatable bonds is 4. The van der Waals surface area contributed by atoms with Crippen LogP contribution in [0.25, 0.3) is 0 Å². The molecule has 0 spiro atoms. The molecule has 0 unspecified atom stereocenters. The van der Waals surface area contributed by atoms with E-state index in [1.165, 1.54) is 5.56 Å². The molecule has 6 heteroatoms. The molecule has 1 amide bonds. The van der Waals surface area contributed by atoms with E-state index < -0.39 is 0 Å². The van der Waals surface area contributed by atoms with Gasteiger partial charge in [0.15, 0.2) is 0 Å². The number of halogens is 1. The van der Waals surface area contributed by atoms with Crippen LogP contribution in [0.15, 0.2) is 47.1 Å². The van der Waals surface area contributed by atoms with E-state index in [1.807, 2.05) is 30.5 Å². The zero-order valence-corrected chi connectivity index (χ0v) is 16.2. The number of pyridine rings is 1. The van der Waals surface area contributed by atoms with E-state index in [0.717, 1.165) is 48.6 Å². The molecule has 0 atom stereocenters. The average Bonchev–Trinajstić information content (AvgIpc) is 2.62. The lowest BCUT2D eigenvalue weighted by Gasteiger charge is -2.35. The van der Waals surface area contributed by atoms with Crippen molar-refractivity contribution in [1.29, 1.82) is 0 Å². The number of nitrogens with zero attached hydrogens (tertiary/aromatic N) is 4. The smallest absolute Gasteiger partial charge is 0.253 e. The van der Waals surface area contributed by atoms with E-state index in [2.05, 4.69) is 42.8 Å². The lowest BCUT2D eigenvalue weighted by molar-refractivity contribution is 0.0827. The van der Waals surface area contributed by atoms with Crippen LogP contribution in [0.4, 0.5) is 5.82 Å². The molecule has 25 heavy (non-hydrogen) atoms. The number of anilines is 1. The maximum atomic E-state index is 12.1. The van der Waals surface area contributed by atoms with E-state index >= 15 is 0 Å². The van der Waals surface area contributed by atoms with Crippen molar-refractivity contribution >= 4 is 27.7 Å². The molecule has 0 radical (unpaired) electrons. The van der Waals surface area contributed by atoms with Gasteiger partial charge in [-0.2, -0.15) is 0 Å². The first-order chi connectivity index (χ1) is 12.0. The number of piperazine rings is 1. The van der Waals surface area contributed by atoms with Crippen molar-refractivity contribution in [1.82, 2.24) is 14.8 Å². The van der Waals surface area contributed by atoms with Crippen LogP contribution >= 0.6 is 15.9 Å². The summed E-state index contributed by atoms with van der Waals surface area (Å²) >= 11 is 3.42. The van der Waals surface area contributed by atoms with Gasteiger partial charge in [-0.3, -0.25) is 9.69 Å². The molecule has 1 aromatic heterocycles. The van der Waals surface area contributed by atoms with Crippen molar-refractivity contribution in [2.45, 2.75) is 6.54 Å². The van der Waals surface area contributed by atoms with Gasteiger partial charge in [0.2, 0.25) is 0 Å². The standard InChI is InChI=1S/C19H23BrN4O/c1-22(2)19(25)16-5-3-4-15(12-16)14-23-8-10-24(11-9-23)18-7-6-17(20)13-21-18/h3-7,12-13H,8-11,14H2,1-2H3. The maximum absolute atomic E-state index is 12.1. The Labute approximate surface area is 157 Å². The summed E-state index contributed by atoms with van der Waals surface area (Å²) < 4.78 is 1.00. The molecule has 1 aromatic carbocycles. The highest BCUT2D eigenvalue weighted by Crippen LogP contribution is 2.18. The monoisotopic (exact) mass is 402 g/mol.